The van der Waals surface area contributed by atoms with Gasteiger partial charge in [0.05, 0.1) is 12.2 Å². The third-order valence-electron chi connectivity index (χ3n) is 4.82. The minimum Gasteiger partial charge on any atom is -0.440 e. The summed E-state index contributed by atoms with van der Waals surface area (Å²) in [5, 5.41) is 3.26. The Morgan fingerprint density at radius 2 is 2.04 bits per heavy atom. The maximum absolute atomic E-state index is 13.6. The first-order valence-electron chi connectivity index (χ1n) is 8.91. The number of aromatic nitrogens is 1. The third kappa shape index (κ3) is 4.12. The summed E-state index contributed by atoms with van der Waals surface area (Å²) < 4.78 is 19.5. The van der Waals surface area contributed by atoms with Gasteiger partial charge in [0.1, 0.15) is 11.3 Å². The number of nitrogens with one attached hydrogen (secondary N) is 1. The molecule has 1 aliphatic heterocycles. The lowest BCUT2D eigenvalue weighted by Crippen LogP contribution is -2.38. The number of anilines is 1. The first kappa shape index (κ1) is 17.9. The molecule has 1 amide bonds. The molecule has 4 rings (SSSR count). The van der Waals surface area contributed by atoms with Crippen molar-refractivity contribution in [2.75, 3.05) is 25.0 Å². The second-order valence-corrected chi connectivity index (χ2v) is 7.18. The summed E-state index contributed by atoms with van der Waals surface area (Å²) in [5.41, 5.74) is 1.72. The molecule has 0 spiro atoms. The van der Waals surface area contributed by atoms with Crippen molar-refractivity contribution in [3.63, 3.8) is 0 Å². The lowest BCUT2D eigenvalue weighted by atomic mass is 9.97. The summed E-state index contributed by atoms with van der Waals surface area (Å²) in [7, 11) is 0. The number of carbonyl (C=O) groups excluding carboxylic acids is 1. The van der Waals surface area contributed by atoms with E-state index < -0.39 is 5.82 Å². The van der Waals surface area contributed by atoms with Crippen LogP contribution in [-0.4, -0.2) is 35.4 Å². The zero-order chi connectivity index (χ0) is 18.8. The quantitative estimate of drug-likeness (QED) is 0.719. The molecule has 27 heavy (non-hydrogen) atoms. The van der Waals surface area contributed by atoms with Crippen LogP contribution in [0.25, 0.3) is 11.1 Å². The molecule has 0 aliphatic carbocycles. The summed E-state index contributed by atoms with van der Waals surface area (Å²) in [4.78, 5) is 18.8. The number of hydrogen-bond donors (Lipinski definition) is 1. The molecule has 0 radical (unpaired) electrons. The van der Waals surface area contributed by atoms with Crippen LogP contribution in [0.4, 0.5) is 10.1 Å². The van der Waals surface area contributed by atoms with Crippen molar-refractivity contribution < 1.29 is 13.6 Å². The van der Waals surface area contributed by atoms with Gasteiger partial charge < -0.3 is 9.73 Å². The van der Waals surface area contributed by atoms with Crippen LogP contribution in [0.1, 0.15) is 24.7 Å². The molecule has 3 aromatic rings. The fourth-order valence-electron chi connectivity index (χ4n) is 3.39. The zero-order valence-corrected chi connectivity index (χ0v) is 15.4. The molecule has 0 saturated carbocycles. The highest BCUT2D eigenvalue weighted by molar-refractivity contribution is 6.31. The Balaban J connectivity index is 1.33. The maximum atomic E-state index is 13.6. The number of para-hydroxylation sites is 1. The van der Waals surface area contributed by atoms with Crippen LogP contribution in [0.5, 0.6) is 0 Å². The molecule has 140 valence electrons. The fraction of sp³-hybridized carbons (Fsp3) is 0.300. The lowest BCUT2D eigenvalue weighted by Gasteiger charge is -2.29. The number of fused-ring (bicyclic) bond motifs is 1. The minimum atomic E-state index is -0.430. The normalized spacial score (nSPS) is 15.9. The number of halogens is 2. The van der Waals surface area contributed by atoms with Gasteiger partial charge in [0.25, 0.3) is 0 Å². The van der Waals surface area contributed by atoms with Crippen molar-refractivity contribution in [1.82, 2.24) is 9.88 Å². The predicted molar refractivity (Wildman–Crippen MR) is 102 cm³/mol. The number of carbonyl (C=O) groups is 1. The molecule has 1 fully saturated rings. The van der Waals surface area contributed by atoms with Gasteiger partial charge in [-0.15, -0.1) is 0 Å². The van der Waals surface area contributed by atoms with Crippen LogP contribution >= 0.6 is 11.6 Å². The number of benzene rings is 2. The van der Waals surface area contributed by atoms with E-state index in [1.807, 2.05) is 6.07 Å². The summed E-state index contributed by atoms with van der Waals surface area (Å²) in [6.45, 7) is 1.76. The highest BCUT2D eigenvalue weighted by atomic mass is 35.5. The lowest BCUT2D eigenvalue weighted by molar-refractivity contribution is -0.117. The van der Waals surface area contributed by atoms with Crippen molar-refractivity contribution in [3.8, 4) is 0 Å². The van der Waals surface area contributed by atoms with Crippen molar-refractivity contribution >= 4 is 34.3 Å². The van der Waals surface area contributed by atoms with Crippen LogP contribution in [0, 0.1) is 5.82 Å². The van der Waals surface area contributed by atoms with E-state index in [0.717, 1.165) is 42.9 Å². The Bertz CT molecular complexity index is 967. The van der Waals surface area contributed by atoms with E-state index in [4.69, 9.17) is 16.0 Å². The molecule has 1 saturated heterocycles. The Morgan fingerprint density at radius 1 is 1.26 bits per heavy atom. The Morgan fingerprint density at radius 3 is 2.81 bits per heavy atom. The van der Waals surface area contributed by atoms with Gasteiger partial charge in [0, 0.05) is 10.9 Å². The predicted octanol–water partition coefficient (Wildman–Crippen LogP) is 4.44. The Hall–Kier alpha value is -2.44. The van der Waals surface area contributed by atoms with Crippen LogP contribution in [0.15, 0.2) is 46.9 Å². The van der Waals surface area contributed by atoms with Gasteiger partial charge in [0.2, 0.25) is 5.91 Å². The van der Waals surface area contributed by atoms with E-state index in [1.165, 1.54) is 6.07 Å². The van der Waals surface area contributed by atoms with Crippen molar-refractivity contribution in [2.45, 2.75) is 18.8 Å². The first-order chi connectivity index (χ1) is 13.1. The monoisotopic (exact) mass is 387 g/mol. The van der Waals surface area contributed by atoms with Crippen LogP contribution < -0.4 is 5.32 Å². The average molecular weight is 388 g/mol. The van der Waals surface area contributed by atoms with Crippen LogP contribution in [0.3, 0.4) is 0 Å². The van der Waals surface area contributed by atoms with Crippen molar-refractivity contribution in [3.05, 3.63) is 59.2 Å². The summed E-state index contributed by atoms with van der Waals surface area (Å²) in [5.74, 6) is 0.306. The average Bonchev–Trinajstić information content (AvgIpc) is 3.07. The molecule has 0 bridgehead atoms. The van der Waals surface area contributed by atoms with Crippen molar-refractivity contribution in [1.29, 1.82) is 0 Å². The standard InChI is InChI=1S/C20H19ClFN3O2/c21-14-5-6-18-17(11-14)24-20(27-18)13-7-9-25(10-8-13)12-19(26)23-16-4-2-1-3-15(16)22/h1-6,11,13H,7-10,12H2,(H,23,26). The molecule has 1 aliphatic rings. The fourth-order valence-corrected chi connectivity index (χ4v) is 3.55. The minimum absolute atomic E-state index is 0.211. The number of rotatable bonds is 4. The van der Waals surface area contributed by atoms with Gasteiger partial charge in [-0.25, -0.2) is 9.37 Å². The number of oxazole rings is 1. The van der Waals surface area contributed by atoms with Gasteiger partial charge in [-0.2, -0.15) is 0 Å². The molecule has 1 aromatic heterocycles. The van der Waals surface area contributed by atoms with Gasteiger partial charge in [0.15, 0.2) is 11.5 Å². The van der Waals surface area contributed by atoms with E-state index in [-0.39, 0.29) is 24.1 Å². The molecule has 0 atom stereocenters. The highest BCUT2D eigenvalue weighted by Crippen LogP contribution is 2.30. The third-order valence-corrected chi connectivity index (χ3v) is 5.05. The molecule has 1 N–H and O–H groups in total. The molecular weight excluding hydrogens is 369 g/mol. The Labute approximate surface area is 161 Å². The number of amides is 1. The van der Waals surface area contributed by atoms with E-state index in [9.17, 15) is 9.18 Å². The van der Waals surface area contributed by atoms with Gasteiger partial charge in [-0.05, 0) is 56.3 Å². The van der Waals surface area contributed by atoms with Gasteiger partial charge >= 0.3 is 0 Å². The van der Waals surface area contributed by atoms with E-state index in [0.29, 0.717) is 5.02 Å². The molecule has 5 nitrogen and oxygen atoms in total. The maximum Gasteiger partial charge on any atom is 0.238 e. The molecule has 7 heteroatoms. The molecule has 2 aromatic carbocycles. The SMILES string of the molecule is O=C(CN1CCC(c2nc3cc(Cl)ccc3o2)CC1)Nc1ccccc1F. The van der Waals surface area contributed by atoms with Crippen LogP contribution in [0.2, 0.25) is 5.02 Å². The largest absolute Gasteiger partial charge is 0.440 e. The number of likely N-dealkylation sites (tertiary alicyclic amines) is 1. The topological polar surface area (TPSA) is 58.4 Å². The number of nitrogens with zero attached hydrogens (tertiary/aromatic N) is 2. The summed E-state index contributed by atoms with van der Waals surface area (Å²) in [6.07, 6.45) is 1.71. The molecule has 2 heterocycles. The van der Waals surface area contributed by atoms with Crippen molar-refractivity contribution in [2.24, 2.45) is 0 Å². The van der Waals surface area contributed by atoms with E-state index in [1.54, 1.807) is 30.3 Å². The number of hydrogen-bond acceptors (Lipinski definition) is 4. The zero-order valence-electron chi connectivity index (χ0n) is 14.6. The smallest absolute Gasteiger partial charge is 0.238 e. The summed E-state index contributed by atoms with van der Waals surface area (Å²) in [6, 6.07) is 11.6. The summed E-state index contributed by atoms with van der Waals surface area (Å²) >= 11 is 6.00. The first-order valence-corrected chi connectivity index (χ1v) is 9.29. The number of piperidine rings is 1. The highest BCUT2D eigenvalue weighted by Gasteiger charge is 2.25. The Kier molecular flexibility index (Phi) is 5.09. The van der Waals surface area contributed by atoms with Gasteiger partial charge in [-0.3, -0.25) is 9.69 Å². The van der Waals surface area contributed by atoms with E-state index in [2.05, 4.69) is 15.2 Å². The molecular formula is C20H19ClFN3O2. The second-order valence-electron chi connectivity index (χ2n) is 6.74. The van der Waals surface area contributed by atoms with Crippen LogP contribution in [-0.2, 0) is 4.79 Å². The second kappa shape index (κ2) is 7.66. The van der Waals surface area contributed by atoms with E-state index >= 15 is 0 Å². The molecule has 0 unspecified atom stereocenters. The van der Waals surface area contributed by atoms with Gasteiger partial charge in [-0.1, -0.05) is 23.7 Å².